The third kappa shape index (κ3) is 4.76. The van der Waals surface area contributed by atoms with E-state index >= 15 is 0 Å². The molecule has 0 N–H and O–H groups in total. The lowest BCUT2D eigenvalue weighted by molar-refractivity contribution is -0.123. The lowest BCUT2D eigenvalue weighted by Crippen LogP contribution is -2.27. The van der Waals surface area contributed by atoms with Gasteiger partial charge in [0.2, 0.25) is 0 Å². The van der Waals surface area contributed by atoms with Gasteiger partial charge in [0.1, 0.15) is 12.4 Å². The summed E-state index contributed by atoms with van der Waals surface area (Å²) in [6.45, 7) is 0.785. The summed E-state index contributed by atoms with van der Waals surface area (Å²) in [7, 11) is 0. The molecule has 144 valence electrons. The zero-order chi connectivity index (χ0) is 20.1. The van der Waals surface area contributed by atoms with E-state index in [0.717, 1.165) is 34.2 Å². The number of ether oxygens (including phenoxy) is 1. The molecular weight excluding hydrogens is 382 g/mol. The first-order valence-electron chi connectivity index (χ1n) is 9.25. The minimum absolute atomic E-state index is 0.243. The van der Waals surface area contributed by atoms with Crippen LogP contribution in [-0.2, 0) is 17.9 Å². The molecule has 0 aromatic heterocycles. The van der Waals surface area contributed by atoms with Crippen molar-refractivity contribution < 1.29 is 14.3 Å². The van der Waals surface area contributed by atoms with Gasteiger partial charge in [-0.25, -0.2) is 0 Å². The van der Waals surface area contributed by atoms with Crippen LogP contribution in [0.5, 0.6) is 5.75 Å². The van der Waals surface area contributed by atoms with Crippen LogP contribution < -0.4 is 4.74 Å². The van der Waals surface area contributed by atoms with Gasteiger partial charge in [0.25, 0.3) is 11.1 Å². The lowest BCUT2D eigenvalue weighted by atomic mass is 10.2. The smallest absolute Gasteiger partial charge is 0.293 e. The van der Waals surface area contributed by atoms with Crippen molar-refractivity contribution in [2.45, 2.75) is 13.2 Å². The van der Waals surface area contributed by atoms with Crippen LogP contribution >= 0.6 is 11.8 Å². The molecule has 1 fully saturated rings. The molecular formula is C24H19NO3S. The predicted molar refractivity (Wildman–Crippen MR) is 115 cm³/mol. The fourth-order valence-corrected chi connectivity index (χ4v) is 3.79. The number of thioether (sulfide) groups is 1. The molecule has 4 rings (SSSR count). The Bertz CT molecular complexity index is 1030. The summed E-state index contributed by atoms with van der Waals surface area (Å²) < 4.78 is 5.78. The largest absolute Gasteiger partial charge is 0.489 e. The number of carbonyl (C=O) groups excluding carboxylic acids is 2. The van der Waals surface area contributed by atoms with Gasteiger partial charge in [-0.2, -0.15) is 0 Å². The second-order valence-corrected chi connectivity index (χ2v) is 7.59. The van der Waals surface area contributed by atoms with Crippen LogP contribution in [0.1, 0.15) is 16.7 Å². The van der Waals surface area contributed by atoms with Crippen LogP contribution in [0.4, 0.5) is 4.79 Å². The van der Waals surface area contributed by atoms with Crippen molar-refractivity contribution in [3.05, 3.63) is 107 Å². The van der Waals surface area contributed by atoms with Gasteiger partial charge in [0, 0.05) is 0 Å². The van der Waals surface area contributed by atoms with Crippen LogP contribution in [0.25, 0.3) is 6.08 Å². The van der Waals surface area contributed by atoms with Gasteiger partial charge in [-0.3, -0.25) is 14.5 Å². The fraction of sp³-hybridized carbons (Fsp3) is 0.0833. The van der Waals surface area contributed by atoms with Crippen LogP contribution in [0, 0.1) is 0 Å². The molecule has 0 bridgehead atoms. The summed E-state index contributed by atoms with van der Waals surface area (Å²) in [6, 6.07) is 27.0. The van der Waals surface area contributed by atoms with Gasteiger partial charge in [0.05, 0.1) is 11.4 Å². The minimum atomic E-state index is -0.256. The molecule has 29 heavy (non-hydrogen) atoms. The van der Waals surface area contributed by atoms with Crippen molar-refractivity contribution in [3.63, 3.8) is 0 Å². The molecule has 0 saturated carbocycles. The maximum atomic E-state index is 12.6. The Morgan fingerprint density at radius 1 is 0.793 bits per heavy atom. The average Bonchev–Trinajstić information content (AvgIpc) is 3.02. The number of carbonyl (C=O) groups is 2. The normalized spacial score (nSPS) is 15.2. The maximum Gasteiger partial charge on any atom is 0.293 e. The SMILES string of the molecule is O=C1SC(=Cc2ccc(OCc3ccccc3)cc2)C(=O)N1Cc1ccccc1. The van der Waals surface area contributed by atoms with Crippen LogP contribution in [0.15, 0.2) is 89.8 Å². The molecule has 0 aliphatic carbocycles. The lowest BCUT2D eigenvalue weighted by Gasteiger charge is -2.12. The molecule has 4 nitrogen and oxygen atoms in total. The van der Waals surface area contributed by atoms with Gasteiger partial charge >= 0.3 is 0 Å². The third-order valence-electron chi connectivity index (χ3n) is 4.48. The van der Waals surface area contributed by atoms with Crippen LogP contribution in [0.3, 0.4) is 0 Å². The van der Waals surface area contributed by atoms with Crippen LogP contribution in [0.2, 0.25) is 0 Å². The number of imide groups is 1. The standard InChI is InChI=1S/C24H19NO3S/c26-23-22(29-24(27)25(23)16-19-7-3-1-4-8-19)15-18-11-13-21(14-12-18)28-17-20-9-5-2-6-10-20/h1-15H,16-17H2. The topological polar surface area (TPSA) is 46.6 Å². The van der Waals surface area contributed by atoms with Crippen molar-refractivity contribution in [2.24, 2.45) is 0 Å². The summed E-state index contributed by atoms with van der Waals surface area (Å²) in [5.41, 5.74) is 2.88. The van der Waals surface area contributed by atoms with Crippen LogP contribution in [-0.4, -0.2) is 16.0 Å². The number of benzene rings is 3. The van der Waals surface area contributed by atoms with Crippen molar-refractivity contribution in [3.8, 4) is 5.75 Å². The van der Waals surface area contributed by atoms with Gasteiger partial charge in [-0.15, -0.1) is 0 Å². The molecule has 0 atom stereocenters. The Morgan fingerprint density at radius 2 is 1.41 bits per heavy atom. The number of rotatable bonds is 6. The van der Waals surface area contributed by atoms with Gasteiger partial charge < -0.3 is 4.74 Å². The highest BCUT2D eigenvalue weighted by molar-refractivity contribution is 8.18. The van der Waals surface area contributed by atoms with Gasteiger partial charge in [-0.05, 0) is 46.7 Å². The van der Waals surface area contributed by atoms with E-state index in [1.54, 1.807) is 6.08 Å². The first-order chi connectivity index (χ1) is 14.2. The molecule has 2 amide bonds. The second kappa shape index (κ2) is 8.80. The summed E-state index contributed by atoms with van der Waals surface area (Å²) in [6.07, 6.45) is 1.75. The first kappa shape index (κ1) is 19.0. The minimum Gasteiger partial charge on any atom is -0.489 e. The highest BCUT2D eigenvalue weighted by atomic mass is 32.2. The molecule has 0 spiro atoms. The number of hydrogen-bond donors (Lipinski definition) is 0. The molecule has 0 unspecified atom stereocenters. The molecule has 5 heteroatoms. The number of hydrogen-bond acceptors (Lipinski definition) is 4. The van der Waals surface area contributed by atoms with E-state index < -0.39 is 0 Å². The van der Waals surface area contributed by atoms with Crippen molar-refractivity contribution in [1.29, 1.82) is 0 Å². The second-order valence-electron chi connectivity index (χ2n) is 6.60. The Labute approximate surface area is 173 Å². The van der Waals surface area contributed by atoms with Crippen molar-refractivity contribution >= 4 is 29.0 Å². The predicted octanol–water partition coefficient (Wildman–Crippen LogP) is 5.50. The zero-order valence-corrected chi connectivity index (χ0v) is 16.5. The Balaban J connectivity index is 1.41. The molecule has 3 aromatic carbocycles. The Hall–Kier alpha value is -3.31. The molecule has 3 aromatic rings. The molecule has 1 saturated heterocycles. The molecule has 1 aliphatic rings. The van der Waals surface area contributed by atoms with E-state index in [2.05, 4.69) is 0 Å². The quantitative estimate of drug-likeness (QED) is 0.512. The van der Waals surface area contributed by atoms with E-state index in [9.17, 15) is 9.59 Å². The number of nitrogens with zero attached hydrogens (tertiary/aromatic N) is 1. The van der Waals surface area contributed by atoms with Crippen molar-refractivity contribution in [1.82, 2.24) is 4.90 Å². The summed E-state index contributed by atoms with van der Waals surface area (Å²) >= 11 is 0.975. The molecule has 1 heterocycles. The van der Waals surface area contributed by atoms with E-state index in [1.165, 1.54) is 4.90 Å². The monoisotopic (exact) mass is 401 g/mol. The zero-order valence-electron chi connectivity index (χ0n) is 15.7. The third-order valence-corrected chi connectivity index (χ3v) is 5.39. The Kier molecular flexibility index (Phi) is 5.77. The maximum absolute atomic E-state index is 12.6. The summed E-state index contributed by atoms with van der Waals surface area (Å²) in [4.78, 5) is 26.6. The van der Waals surface area contributed by atoms with Crippen molar-refractivity contribution in [2.75, 3.05) is 0 Å². The first-order valence-corrected chi connectivity index (χ1v) is 10.1. The average molecular weight is 401 g/mol. The van der Waals surface area contributed by atoms with E-state index in [4.69, 9.17) is 4.74 Å². The molecule has 0 radical (unpaired) electrons. The van der Waals surface area contributed by atoms with E-state index in [-0.39, 0.29) is 17.7 Å². The fourth-order valence-electron chi connectivity index (χ4n) is 2.95. The summed E-state index contributed by atoms with van der Waals surface area (Å²) in [5, 5.41) is -0.243. The van der Waals surface area contributed by atoms with Gasteiger partial charge in [0.15, 0.2) is 0 Å². The molecule has 1 aliphatic heterocycles. The summed E-state index contributed by atoms with van der Waals surface area (Å²) in [5.74, 6) is 0.497. The van der Waals surface area contributed by atoms with Gasteiger partial charge in [-0.1, -0.05) is 72.8 Å². The van der Waals surface area contributed by atoms with E-state index in [0.29, 0.717) is 11.5 Å². The highest BCUT2D eigenvalue weighted by Crippen LogP contribution is 2.33. The highest BCUT2D eigenvalue weighted by Gasteiger charge is 2.34. The Morgan fingerprint density at radius 3 is 2.07 bits per heavy atom. The number of amides is 2. The van der Waals surface area contributed by atoms with E-state index in [1.807, 2.05) is 84.9 Å².